The Morgan fingerprint density at radius 1 is 0.844 bits per heavy atom. The van der Waals surface area contributed by atoms with Gasteiger partial charge in [-0.3, -0.25) is 23.8 Å². The van der Waals surface area contributed by atoms with Gasteiger partial charge in [-0.05, 0) is 6.42 Å². The van der Waals surface area contributed by atoms with Crippen molar-refractivity contribution in [2.24, 2.45) is 0 Å². The predicted molar refractivity (Wildman–Crippen MR) is 170 cm³/mol. The summed E-state index contributed by atoms with van der Waals surface area (Å²) < 4.78 is 32.0. The van der Waals surface area contributed by atoms with Crippen molar-refractivity contribution >= 4 is 7.60 Å². The fourth-order valence-electron chi connectivity index (χ4n) is 5.87. The van der Waals surface area contributed by atoms with E-state index in [1.165, 1.54) is 64.2 Å². The van der Waals surface area contributed by atoms with Crippen LogP contribution in [0.4, 0.5) is 0 Å². The Balaban J connectivity index is 1.41. The minimum atomic E-state index is -3.70. The van der Waals surface area contributed by atoms with Gasteiger partial charge in [0.2, 0.25) is 0 Å². The number of β-amino-alcohol motifs (C(OH)–C–C–N with tert-alkyl or cyclic N) is 2. The molecule has 0 saturated carbocycles. The monoisotopic (exact) mass is 661 g/mol. The summed E-state index contributed by atoms with van der Waals surface area (Å²) in [6.45, 7) is 2.85. The third kappa shape index (κ3) is 13.0. The molecule has 0 aliphatic carbocycles. The van der Waals surface area contributed by atoms with Gasteiger partial charge < -0.3 is 34.2 Å². The highest BCUT2D eigenvalue weighted by Gasteiger charge is 2.45. The molecule has 3 rings (SSSR count). The summed E-state index contributed by atoms with van der Waals surface area (Å²) in [4.78, 5) is 27.4. The molecule has 2 saturated heterocycles. The van der Waals surface area contributed by atoms with Gasteiger partial charge in [0.15, 0.2) is 6.23 Å². The van der Waals surface area contributed by atoms with E-state index in [9.17, 15) is 34.6 Å². The van der Waals surface area contributed by atoms with Crippen LogP contribution >= 0.6 is 7.60 Å². The minimum Gasteiger partial charge on any atom is -0.389 e. The zero-order chi connectivity index (χ0) is 32.7. The Morgan fingerprint density at radius 2 is 1.40 bits per heavy atom. The number of aromatic nitrogens is 2. The Hall–Kier alpha value is -1.41. The van der Waals surface area contributed by atoms with Crippen molar-refractivity contribution in [1.82, 2.24) is 14.5 Å². The van der Waals surface area contributed by atoms with Crippen molar-refractivity contribution < 1.29 is 38.8 Å². The summed E-state index contributed by atoms with van der Waals surface area (Å²) in [5, 5.41) is 40.8. The molecule has 2 fully saturated rings. The number of unbranched alkanes of at least 4 members (excludes halogenated alkanes) is 13. The smallest absolute Gasteiger partial charge is 0.332 e. The summed E-state index contributed by atoms with van der Waals surface area (Å²) in [7, 11) is -3.70. The molecule has 1 aromatic rings. The molecule has 45 heavy (non-hydrogen) atoms. The average Bonchev–Trinajstić information content (AvgIpc) is 3.49. The van der Waals surface area contributed by atoms with Gasteiger partial charge in [0.1, 0.15) is 18.3 Å². The summed E-state index contributed by atoms with van der Waals surface area (Å²) in [6.07, 6.45) is 11.1. The highest BCUT2D eigenvalue weighted by atomic mass is 31.2. The molecule has 7 atom stereocenters. The first-order valence-corrected chi connectivity index (χ1v) is 18.7. The van der Waals surface area contributed by atoms with Crippen LogP contribution in [0.25, 0.3) is 0 Å². The van der Waals surface area contributed by atoms with E-state index >= 15 is 0 Å². The lowest BCUT2D eigenvalue weighted by atomic mass is 10.0. The van der Waals surface area contributed by atoms with Crippen LogP contribution in [-0.4, -0.2) is 104 Å². The number of H-pyrrole nitrogens is 1. The second kappa shape index (κ2) is 20.1. The molecule has 0 aromatic carbocycles. The summed E-state index contributed by atoms with van der Waals surface area (Å²) in [5.74, 6) is 0. The van der Waals surface area contributed by atoms with Crippen molar-refractivity contribution in [2.45, 2.75) is 134 Å². The van der Waals surface area contributed by atoms with Gasteiger partial charge in [-0.2, -0.15) is 0 Å². The second-order valence-corrected chi connectivity index (χ2v) is 14.7. The van der Waals surface area contributed by atoms with Crippen molar-refractivity contribution in [1.29, 1.82) is 0 Å². The predicted octanol–water partition coefficient (Wildman–Crippen LogP) is 2.90. The van der Waals surface area contributed by atoms with Crippen molar-refractivity contribution in [3.8, 4) is 0 Å². The lowest BCUT2D eigenvalue weighted by molar-refractivity contribution is -0.0531. The van der Waals surface area contributed by atoms with Gasteiger partial charge in [-0.15, -0.1) is 0 Å². The topological polar surface area (TPSA) is 184 Å². The number of aliphatic hydroxyl groups is 4. The van der Waals surface area contributed by atoms with Crippen LogP contribution in [0.2, 0.25) is 0 Å². The number of hydrogen-bond acceptors (Lipinski definition) is 11. The van der Waals surface area contributed by atoms with E-state index in [0.717, 1.165) is 36.1 Å². The summed E-state index contributed by atoms with van der Waals surface area (Å²) >= 11 is 0. The molecular formula is C31H56N3O10P. The van der Waals surface area contributed by atoms with E-state index in [4.69, 9.17) is 13.8 Å². The molecular weight excluding hydrogens is 605 g/mol. The molecule has 3 heterocycles. The molecule has 1 unspecified atom stereocenters. The van der Waals surface area contributed by atoms with E-state index in [2.05, 4.69) is 11.9 Å². The zero-order valence-corrected chi connectivity index (χ0v) is 27.7. The fraction of sp³-hybridized carbons (Fsp3) is 0.871. The number of likely N-dealkylation sites (tertiary alicyclic amines) is 1. The van der Waals surface area contributed by atoms with Crippen molar-refractivity contribution in [3.05, 3.63) is 33.1 Å². The van der Waals surface area contributed by atoms with E-state index in [0.29, 0.717) is 6.42 Å². The van der Waals surface area contributed by atoms with E-state index < -0.39 is 55.6 Å². The normalized spacial score (nSPS) is 26.9. The van der Waals surface area contributed by atoms with E-state index in [-0.39, 0.29) is 39.0 Å². The average molecular weight is 662 g/mol. The van der Waals surface area contributed by atoms with Crippen LogP contribution < -0.4 is 11.2 Å². The first-order chi connectivity index (χ1) is 21.6. The summed E-state index contributed by atoms with van der Waals surface area (Å²) in [5.41, 5.74) is -1.42. The first-order valence-electron chi connectivity index (χ1n) is 16.9. The maximum Gasteiger partial charge on any atom is 0.332 e. The lowest BCUT2D eigenvalue weighted by Gasteiger charge is -2.24. The van der Waals surface area contributed by atoms with Crippen molar-refractivity contribution in [3.63, 3.8) is 0 Å². The van der Waals surface area contributed by atoms with Crippen LogP contribution in [0.3, 0.4) is 0 Å². The fourth-order valence-corrected chi connectivity index (χ4v) is 7.51. The van der Waals surface area contributed by atoms with Crippen LogP contribution in [0.5, 0.6) is 0 Å². The molecule has 0 bridgehead atoms. The maximum atomic E-state index is 13.8. The number of rotatable bonds is 23. The third-order valence-electron chi connectivity index (χ3n) is 8.71. The number of aromatic amines is 1. The largest absolute Gasteiger partial charge is 0.389 e. The molecule has 1 aromatic heterocycles. The van der Waals surface area contributed by atoms with Gasteiger partial charge >= 0.3 is 13.3 Å². The summed E-state index contributed by atoms with van der Waals surface area (Å²) in [6, 6.07) is 1.10. The molecule has 0 radical (unpaired) electrons. The Morgan fingerprint density at radius 3 is 1.96 bits per heavy atom. The molecule has 0 amide bonds. The second-order valence-electron chi connectivity index (χ2n) is 12.5. The number of aliphatic hydroxyl groups excluding tert-OH is 4. The molecule has 0 spiro atoms. The van der Waals surface area contributed by atoms with Gasteiger partial charge in [0.25, 0.3) is 5.56 Å². The van der Waals surface area contributed by atoms with Gasteiger partial charge in [0.05, 0.1) is 31.6 Å². The Bertz CT molecular complexity index is 1120. The SMILES string of the molecule is CCCCCCCCCCCCCCCCOP(=O)(CCN1C[C@@H](O)[C@H](O)C1)OC[C@H]1O[C@@H](n2ccc(=O)[nH]c2=O)[C@H](O)[C@@H]1O. The third-order valence-corrected chi connectivity index (χ3v) is 10.6. The Kier molecular flexibility index (Phi) is 17.0. The van der Waals surface area contributed by atoms with Crippen LogP contribution in [0.15, 0.2) is 21.9 Å². The molecule has 14 heteroatoms. The van der Waals surface area contributed by atoms with E-state index in [1.54, 1.807) is 4.90 Å². The maximum absolute atomic E-state index is 13.8. The number of nitrogens with one attached hydrogen (secondary N) is 1. The van der Waals surface area contributed by atoms with Crippen LogP contribution in [0.1, 0.15) is 103 Å². The van der Waals surface area contributed by atoms with Gasteiger partial charge in [0, 0.05) is 31.9 Å². The molecule has 2 aliphatic heterocycles. The number of nitrogens with zero attached hydrogens (tertiary/aromatic N) is 2. The highest BCUT2D eigenvalue weighted by Crippen LogP contribution is 2.49. The number of hydrogen-bond donors (Lipinski definition) is 5. The first kappa shape index (κ1) is 38.0. The molecule has 5 N–H and O–H groups in total. The van der Waals surface area contributed by atoms with Crippen LogP contribution in [-0.2, 0) is 18.3 Å². The lowest BCUT2D eigenvalue weighted by Crippen LogP contribution is -2.37. The molecule has 13 nitrogen and oxygen atoms in total. The number of ether oxygens (including phenoxy) is 1. The molecule has 2 aliphatic rings. The minimum absolute atomic E-state index is 0.000772. The van der Waals surface area contributed by atoms with Gasteiger partial charge in [-0.1, -0.05) is 90.4 Å². The molecule has 260 valence electrons. The van der Waals surface area contributed by atoms with Crippen molar-refractivity contribution in [2.75, 3.05) is 39.0 Å². The zero-order valence-electron chi connectivity index (χ0n) is 26.8. The Labute approximate surface area is 266 Å². The highest BCUT2D eigenvalue weighted by molar-refractivity contribution is 7.53. The van der Waals surface area contributed by atoms with E-state index in [1.807, 2.05) is 0 Å². The van der Waals surface area contributed by atoms with Gasteiger partial charge in [-0.25, -0.2) is 4.79 Å². The quantitative estimate of drug-likeness (QED) is 0.0859. The van der Waals surface area contributed by atoms with Crippen LogP contribution in [0, 0.1) is 0 Å². The standard InChI is InChI=1S/C31H56N3O10P/c1-2-3-4-5-6-7-8-9-10-11-12-13-14-15-19-42-45(41,20-18-33-21-24(35)25(36)22-33)43-23-26-28(38)29(39)30(44-26)34-17-16-27(37)32-31(34)40/h16-17,24-26,28-30,35-36,38-39H,2-15,18-23H2,1H3,(H,32,37,40)/t24-,25-,26-,28-,29-,30-,45?/m1/s1.